The van der Waals surface area contributed by atoms with Crippen LogP contribution in [0.15, 0.2) is 42.5 Å². The van der Waals surface area contributed by atoms with Crippen LogP contribution in [0.3, 0.4) is 0 Å². The van der Waals surface area contributed by atoms with Crippen LogP contribution in [0.25, 0.3) is 0 Å². The number of hydrogen-bond donors (Lipinski definition) is 2. The topological polar surface area (TPSA) is 119 Å². The van der Waals surface area contributed by atoms with E-state index < -0.39 is 27.9 Å². The lowest BCUT2D eigenvalue weighted by Gasteiger charge is -2.30. The number of halogens is 1. The SMILES string of the molecule is CCC(C(=O)Nc1ccccc1C(N)=O)N(c1ccc(OC)c(Cl)c1)S(C)(=O)=O. The Morgan fingerprint density at radius 3 is 2.41 bits per heavy atom. The number of amides is 2. The first-order chi connectivity index (χ1) is 13.6. The zero-order chi connectivity index (χ0) is 21.8. The van der Waals surface area contributed by atoms with Crippen LogP contribution in [-0.4, -0.2) is 39.6 Å². The van der Waals surface area contributed by atoms with E-state index in [0.29, 0.717) is 5.75 Å². The summed E-state index contributed by atoms with van der Waals surface area (Å²) in [6.45, 7) is 1.67. The normalized spacial score (nSPS) is 12.1. The summed E-state index contributed by atoms with van der Waals surface area (Å²) in [5.41, 5.74) is 5.87. The van der Waals surface area contributed by atoms with Gasteiger partial charge in [0.25, 0.3) is 5.91 Å². The number of nitrogens with two attached hydrogens (primary N) is 1. The number of hydrogen-bond acceptors (Lipinski definition) is 5. The molecule has 0 radical (unpaired) electrons. The van der Waals surface area contributed by atoms with E-state index in [0.717, 1.165) is 10.6 Å². The van der Waals surface area contributed by atoms with Crippen LogP contribution >= 0.6 is 11.6 Å². The van der Waals surface area contributed by atoms with Gasteiger partial charge >= 0.3 is 0 Å². The number of benzene rings is 2. The maximum absolute atomic E-state index is 13.0. The Hall–Kier alpha value is -2.78. The van der Waals surface area contributed by atoms with Gasteiger partial charge in [-0.2, -0.15) is 0 Å². The summed E-state index contributed by atoms with van der Waals surface area (Å²) in [5, 5.41) is 2.80. The van der Waals surface area contributed by atoms with Crippen LogP contribution in [0.4, 0.5) is 11.4 Å². The van der Waals surface area contributed by atoms with E-state index in [1.54, 1.807) is 19.1 Å². The molecule has 0 saturated heterocycles. The predicted molar refractivity (Wildman–Crippen MR) is 113 cm³/mol. The number of anilines is 2. The standard InChI is InChI=1S/C19H22ClN3O5S/c1-4-16(19(25)22-15-8-6-5-7-13(15)18(21)24)23(29(3,26)27)12-9-10-17(28-2)14(20)11-12/h5-11,16H,4H2,1-3H3,(H2,21,24)(H,22,25). The Balaban J connectivity index is 2.46. The van der Waals surface area contributed by atoms with Crippen LogP contribution < -0.4 is 20.1 Å². The Morgan fingerprint density at radius 2 is 1.90 bits per heavy atom. The molecule has 8 nitrogen and oxygen atoms in total. The smallest absolute Gasteiger partial charge is 0.250 e. The van der Waals surface area contributed by atoms with Crippen molar-refractivity contribution < 1.29 is 22.7 Å². The maximum Gasteiger partial charge on any atom is 0.250 e. The highest BCUT2D eigenvalue weighted by Crippen LogP contribution is 2.32. The van der Waals surface area contributed by atoms with Gasteiger partial charge in [-0.1, -0.05) is 30.7 Å². The molecular formula is C19H22ClN3O5S. The minimum Gasteiger partial charge on any atom is -0.495 e. The molecule has 0 fully saturated rings. The molecule has 10 heteroatoms. The number of ether oxygens (including phenoxy) is 1. The molecule has 29 heavy (non-hydrogen) atoms. The summed E-state index contributed by atoms with van der Waals surface area (Å²) < 4.78 is 31.1. The van der Waals surface area contributed by atoms with E-state index in [1.807, 2.05) is 0 Å². The number of nitrogens with zero attached hydrogens (tertiary/aromatic N) is 1. The van der Waals surface area contributed by atoms with Crippen LogP contribution in [0.1, 0.15) is 23.7 Å². The van der Waals surface area contributed by atoms with Crippen LogP contribution in [0.5, 0.6) is 5.75 Å². The van der Waals surface area contributed by atoms with Crippen LogP contribution in [0, 0.1) is 0 Å². The average molecular weight is 440 g/mol. The van der Waals surface area contributed by atoms with Gasteiger partial charge in [0.15, 0.2) is 0 Å². The van der Waals surface area contributed by atoms with E-state index in [2.05, 4.69) is 5.32 Å². The van der Waals surface area contributed by atoms with Crippen LogP contribution in [-0.2, 0) is 14.8 Å². The van der Waals surface area contributed by atoms with Gasteiger partial charge in [0.05, 0.1) is 35.3 Å². The second-order valence-electron chi connectivity index (χ2n) is 6.20. The summed E-state index contributed by atoms with van der Waals surface area (Å²) in [6.07, 6.45) is 1.17. The first kappa shape index (κ1) is 22.5. The largest absolute Gasteiger partial charge is 0.495 e. The first-order valence-electron chi connectivity index (χ1n) is 8.62. The van der Waals surface area contributed by atoms with Gasteiger partial charge in [0.1, 0.15) is 11.8 Å². The summed E-state index contributed by atoms with van der Waals surface area (Å²) >= 11 is 6.14. The van der Waals surface area contributed by atoms with Crippen molar-refractivity contribution in [3.8, 4) is 5.75 Å². The highest BCUT2D eigenvalue weighted by atomic mass is 35.5. The summed E-state index contributed by atoms with van der Waals surface area (Å²) in [7, 11) is -2.41. The Morgan fingerprint density at radius 1 is 1.24 bits per heavy atom. The molecule has 0 aliphatic heterocycles. The van der Waals surface area contributed by atoms with Crippen molar-refractivity contribution in [2.24, 2.45) is 5.73 Å². The fourth-order valence-corrected chi connectivity index (χ4v) is 4.33. The third-order valence-corrected chi connectivity index (χ3v) is 5.65. The molecule has 2 aromatic carbocycles. The summed E-state index contributed by atoms with van der Waals surface area (Å²) in [6, 6.07) is 9.55. The molecular weight excluding hydrogens is 418 g/mol. The lowest BCUT2D eigenvalue weighted by atomic mass is 10.1. The minimum atomic E-state index is -3.85. The highest BCUT2D eigenvalue weighted by molar-refractivity contribution is 7.92. The van der Waals surface area contributed by atoms with Crippen molar-refractivity contribution in [2.75, 3.05) is 23.0 Å². The number of primary amides is 1. The van der Waals surface area contributed by atoms with E-state index in [4.69, 9.17) is 22.1 Å². The number of sulfonamides is 1. The lowest BCUT2D eigenvalue weighted by Crippen LogP contribution is -2.47. The zero-order valence-electron chi connectivity index (χ0n) is 16.2. The van der Waals surface area contributed by atoms with Crippen molar-refractivity contribution in [1.82, 2.24) is 0 Å². The summed E-state index contributed by atoms with van der Waals surface area (Å²) in [4.78, 5) is 24.6. The molecule has 3 N–H and O–H groups in total. The van der Waals surface area contributed by atoms with Crippen molar-refractivity contribution in [3.63, 3.8) is 0 Å². The number of methoxy groups -OCH3 is 1. The van der Waals surface area contributed by atoms with Gasteiger partial charge in [-0.3, -0.25) is 13.9 Å². The summed E-state index contributed by atoms with van der Waals surface area (Å²) in [5.74, 6) is -0.953. The van der Waals surface area contributed by atoms with E-state index in [9.17, 15) is 18.0 Å². The molecule has 2 aromatic rings. The number of carbonyl (C=O) groups excluding carboxylic acids is 2. The fourth-order valence-electron chi connectivity index (χ4n) is 2.88. The van der Waals surface area contributed by atoms with E-state index in [-0.39, 0.29) is 28.4 Å². The molecule has 2 rings (SSSR count). The van der Waals surface area contributed by atoms with Crippen molar-refractivity contribution >= 4 is 44.8 Å². The quantitative estimate of drug-likeness (QED) is 0.655. The molecule has 0 aromatic heterocycles. The Bertz CT molecular complexity index is 1030. The van der Waals surface area contributed by atoms with Gasteiger partial charge in [-0.05, 0) is 36.8 Å². The third-order valence-electron chi connectivity index (χ3n) is 4.17. The molecule has 0 bridgehead atoms. The van der Waals surface area contributed by atoms with Gasteiger partial charge in [-0.15, -0.1) is 0 Å². The molecule has 0 aliphatic carbocycles. The molecule has 156 valence electrons. The number of para-hydroxylation sites is 1. The van der Waals surface area contributed by atoms with Gasteiger partial charge in [0.2, 0.25) is 15.9 Å². The highest BCUT2D eigenvalue weighted by Gasteiger charge is 2.32. The molecule has 1 unspecified atom stereocenters. The lowest BCUT2D eigenvalue weighted by molar-refractivity contribution is -0.117. The second kappa shape index (κ2) is 9.15. The monoisotopic (exact) mass is 439 g/mol. The molecule has 0 saturated carbocycles. The maximum atomic E-state index is 13.0. The Labute approximate surface area is 174 Å². The van der Waals surface area contributed by atoms with E-state index in [1.165, 1.54) is 37.4 Å². The molecule has 0 spiro atoms. The van der Waals surface area contributed by atoms with E-state index >= 15 is 0 Å². The number of rotatable bonds is 8. The third kappa shape index (κ3) is 5.18. The van der Waals surface area contributed by atoms with Crippen molar-refractivity contribution in [1.29, 1.82) is 0 Å². The van der Waals surface area contributed by atoms with Gasteiger partial charge in [-0.25, -0.2) is 8.42 Å². The molecule has 0 heterocycles. The zero-order valence-corrected chi connectivity index (χ0v) is 17.8. The molecule has 0 aliphatic rings. The second-order valence-corrected chi connectivity index (χ2v) is 8.47. The first-order valence-corrected chi connectivity index (χ1v) is 10.8. The average Bonchev–Trinajstić information content (AvgIpc) is 2.65. The molecule has 2 amide bonds. The van der Waals surface area contributed by atoms with Crippen LogP contribution in [0.2, 0.25) is 5.02 Å². The van der Waals surface area contributed by atoms with Crippen molar-refractivity contribution in [3.05, 3.63) is 53.1 Å². The van der Waals surface area contributed by atoms with Crippen molar-refractivity contribution in [2.45, 2.75) is 19.4 Å². The Kier molecular flexibility index (Phi) is 7.10. The fraction of sp³-hybridized carbons (Fsp3) is 0.263. The predicted octanol–water partition coefficient (Wildman–Crippen LogP) is 2.63. The number of nitrogens with one attached hydrogen (secondary N) is 1. The van der Waals surface area contributed by atoms with Gasteiger partial charge < -0.3 is 15.8 Å². The number of carbonyl (C=O) groups is 2. The van der Waals surface area contributed by atoms with Gasteiger partial charge in [0, 0.05) is 0 Å². The molecule has 1 atom stereocenters. The minimum absolute atomic E-state index is 0.120.